The third kappa shape index (κ3) is 16.8. The highest BCUT2D eigenvalue weighted by atomic mass is 16.5. The molecule has 0 bridgehead atoms. The van der Waals surface area contributed by atoms with Gasteiger partial charge >= 0.3 is 0 Å². The molecule has 0 amide bonds. The van der Waals surface area contributed by atoms with Gasteiger partial charge in [-0.2, -0.15) is 0 Å². The van der Waals surface area contributed by atoms with Gasteiger partial charge in [0.15, 0.2) is 0 Å². The van der Waals surface area contributed by atoms with Gasteiger partial charge in [0.05, 0.1) is 27.3 Å². The van der Waals surface area contributed by atoms with E-state index in [4.69, 9.17) is 14.6 Å². The van der Waals surface area contributed by atoms with E-state index in [1.807, 2.05) is 0 Å². The van der Waals surface area contributed by atoms with Crippen molar-refractivity contribution >= 4 is 0 Å². The van der Waals surface area contributed by atoms with Gasteiger partial charge in [0, 0.05) is 17.7 Å². The number of rotatable bonds is 23. The van der Waals surface area contributed by atoms with Gasteiger partial charge in [-0.1, -0.05) is 69.8 Å². The van der Waals surface area contributed by atoms with Crippen LogP contribution in [-0.2, 0) is 6.54 Å². The summed E-state index contributed by atoms with van der Waals surface area (Å²) < 4.78 is 12.2. The van der Waals surface area contributed by atoms with Gasteiger partial charge in [-0.3, -0.25) is 0 Å². The molecule has 0 heterocycles. The minimum Gasteiger partial charge on any atom is -0.493 e. The fraction of sp³-hybridized carbons (Fsp3) is 0.688. The Morgan fingerprint density at radius 1 is 0.722 bits per heavy atom. The second kappa shape index (κ2) is 22.4. The number of quaternary nitrogens is 1. The maximum Gasteiger partial charge on any atom is 0.126 e. The zero-order valence-corrected chi connectivity index (χ0v) is 24.0. The van der Waals surface area contributed by atoms with Crippen LogP contribution < -0.4 is 14.4 Å². The van der Waals surface area contributed by atoms with E-state index in [9.17, 15) is 0 Å². The lowest BCUT2D eigenvalue weighted by molar-refractivity contribution is -0.872. The van der Waals surface area contributed by atoms with Crippen LogP contribution in [0, 0.1) is 6.92 Å². The fourth-order valence-electron chi connectivity index (χ4n) is 4.19. The van der Waals surface area contributed by atoms with E-state index < -0.39 is 0 Å². The van der Waals surface area contributed by atoms with Crippen LogP contribution in [0.5, 0.6) is 11.5 Å². The molecule has 206 valence electrons. The molecular formula is C32H56NO3+. The van der Waals surface area contributed by atoms with Gasteiger partial charge in [-0.25, -0.2) is 0 Å². The highest BCUT2D eigenvalue weighted by Crippen LogP contribution is 2.30. The number of aliphatic hydroxyl groups is 1. The quantitative estimate of drug-likeness (QED) is 0.125. The number of aliphatic hydroxyl groups excluding tert-OH is 1. The van der Waals surface area contributed by atoms with Crippen molar-refractivity contribution in [2.75, 3.05) is 33.9 Å². The van der Waals surface area contributed by atoms with Gasteiger partial charge in [-0.05, 0) is 70.4 Å². The normalized spacial score (nSPS) is 11.8. The Kier molecular flexibility index (Phi) is 20.1. The summed E-state index contributed by atoms with van der Waals surface area (Å²) in [7, 11) is 4.32. The molecule has 4 nitrogen and oxygen atoms in total. The SMILES string of the molecule is CCCCC/C=C\C/C=C\CCCCCCCCOc1cc(C[NH+](C)C)cc(OCCCCO)c1C. The van der Waals surface area contributed by atoms with Crippen LogP contribution >= 0.6 is 0 Å². The summed E-state index contributed by atoms with van der Waals surface area (Å²) in [5.41, 5.74) is 2.32. The van der Waals surface area contributed by atoms with Crippen LogP contribution in [0.2, 0.25) is 0 Å². The molecule has 0 fully saturated rings. The summed E-state index contributed by atoms with van der Waals surface area (Å²) in [5.74, 6) is 1.87. The maximum absolute atomic E-state index is 9.00. The minimum atomic E-state index is 0.217. The summed E-state index contributed by atoms with van der Waals surface area (Å²) >= 11 is 0. The van der Waals surface area contributed by atoms with E-state index >= 15 is 0 Å². The lowest BCUT2D eigenvalue weighted by atomic mass is 10.1. The molecule has 1 rings (SSSR count). The van der Waals surface area contributed by atoms with Crippen molar-refractivity contribution in [2.45, 2.75) is 110 Å². The highest BCUT2D eigenvalue weighted by molar-refractivity contribution is 5.47. The first-order valence-electron chi connectivity index (χ1n) is 14.7. The average Bonchev–Trinajstić information content (AvgIpc) is 2.85. The standard InChI is InChI=1S/C32H55NO3/c1-5-6-7-8-9-10-11-12-13-14-15-16-17-18-19-21-24-35-31-26-30(28-33(3)4)27-32(29(31)2)36-25-22-20-23-34/h9-10,12-13,26-27,34H,5-8,11,14-25,28H2,1-4H3/p+1/b10-9-,13-12-. The Labute approximate surface area is 222 Å². The number of hydrogen-bond acceptors (Lipinski definition) is 3. The lowest BCUT2D eigenvalue weighted by Gasteiger charge is -2.17. The van der Waals surface area contributed by atoms with Crippen molar-refractivity contribution in [2.24, 2.45) is 0 Å². The summed E-state index contributed by atoms with van der Waals surface area (Å²) in [4.78, 5) is 1.38. The fourth-order valence-corrected chi connectivity index (χ4v) is 4.19. The second-order valence-corrected chi connectivity index (χ2v) is 10.3. The largest absolute Gasteiger partial charge is 0.493 e. The van der Waals surface area contributed by atoms with Crippen LogP contribution in [0.4, 0.5) is 0 Å². The number of allylic oxidation sites excluding steroid dienone is 4. The van der Waals surface area contributed by atoms with E-state index in [1.165, 1.54) is 74.7 Å². The van der Waals surface area contributed by atoms with Crippen molar-refractivity contribution < 1.29 is 19.5 Å². The zero-order valence-electron chi connectivity index (χ0n) is 24.0. The van der Waals surface area contributed by atoms with E-state index in [0.29, 0.717) is 6.61 Å². The van der Waals surface area contributed by atoms with Crippen LogP contribution in [0.15, 0.2) is 36.4 Å². The van der Waals surface area contributed by atoms with E-state index in [-0.39, 0.29) is 6.61 Å². The monoisotopic (exact) mass is 502 g/mol. The summed E-state index contributed by atoms with van der Waals surface area (Å²) in [5, 5.41) is 9.00. The molecule has 0 aliphatic rings. The van der Waals surface area contributed by atoms with Gasteiger partial charge in [0.1, 0.15) is 18.0 Å². The molecular weight excluding hydrogens is 446 g/mol. The number of nitrogens with one attached hydrogen (secondary N) is 1. The van der Waals surface area contributed by atoms with Crippen molar-refractivity contribution in [1.29, 1.82) is 0 Å². The van der Waals surface area contributed by atoms with Crippen LogP contribution in [0.1, 0.15) is 108 Å². The number of benzene rings is 1. The first-order valence-corrected chi connectivity index (χ1v) is 14.7. The molecule has 0 aliphatic heterocycles. The lowest BCUT2D eigenvalue weighted by Crippen LogP contribution is -3.04. The van der Waals surface area contributed by atoms with Crippen molar-refractivity contribution in [1.82, 2.24) is 0 Å². The molecule has 0 aliphatic carbocycles. The Morgan fingerprint density at radius 2 is 1.25 bits per heavy atom. The molecule has 0 radical (unpaired) electrons. The zero-order chi connectivity index (χ0) is 26.3. The Bertz CT molecular complexity index is 712. The van der Waals surface area contributed by atoms with Gasteiger partial charge in [0.2, 0.25) is 0 Å². The highest BCUT2D eigenvalue weighted by Gasteiger charge is 2.12. The number of unbranched alkanes of at least 4 members (excludes halogenated alkanes) is 10. The van der Waals surface area contributed by atoms with E-state index in [2.05, 4.69) is 64.4 Å². The maximum atomic E-state index is 9.00. The predicted molar refractivity (Wildman–Crippen MR) is 154 cm³/mol. The first kappa shape index (κ1) is 32.2. The molecule has 0 spiro atoms. The van der Waals surface area contributed by atoms with Gasteiger partial charge in [-0.15, -0.1) is 0 Å². The average molecular weight is 503 g/mol. The summed E-state index contributed by atoms with van der Waals surface area (Å²) in [6, 6.07) is 4.33. The van der Waals surface area contributed by atoms with Crippen LogP contribution in [-0.4, -0.2) is 39.0 Å². The van der Waals surface area contributed by atoms with Crippen molar-refractivity contribution in [3.05, 3.63) is 47.6 Å². The Hall–Kier alpha value is -1.78. The Morgan fingerprint density at radius 3 is 1.81 bits per heavy atom. The smallest absolute Gasteiger partial charge is 0.126 e. The molecule has 0 saturated heterocycles. The van der Waals surface area contributed by atoms with Crippen molar-refractivity contribution in [3.63, 3.8) is 0 Å². The molecule has 4 heteroatoms. The molecule has 0 saturated carbocycles. The topological polar surface area (TPSA) is 43.1 Å². The van der Waals surface area contributed by atoms with Crippen LogP contribution in [0.25, 0.3) is 0 Å². The first-order chi connectivity index (χ1) is 17.6. The van der Waals surface area contributed by atoms with Crippen LogP contribution in [0.3, 0.4) is 0 Å². The van der Waals surface area contributed by atoms with Gasteiger partial charge in [0.25, 0.3) is 0 Å². The minimum absolute atomic E-state index is 0.217. The summed E-state index contributed by atoms with van der Waals surface area (Å²) in [6.07, 6.45) is 26.0. The summed E-state index contributed by atoms with van der Waals surface area (Å²) in [6.45, 7) is 6.89. The van der Waals surface area contributed by atoms with Crippen molar-refractivity contribution in [3.8, 4) is 11.5 Å². The molecule has 0 unspecified atom stereocenters. The van der Waals surface area contributed by atoms with E-state index in [0.717, 1.165) is 55.9 Å². The molecule has 2 N–H and O–H groups in total. The third-order valence-corrected chi connectivity index (χ3v) is 6.34. The molecule has 0 aromatic heterocycles. The predicted octanol–water partition coefficient (Wildman–Crippen LogP) is 6.98. The third-order valence-electron chi connectivity index (χ3n) is 6.34. The Balaban J connectivity index is 2.22. The molecule has 0 atom stereocenters. The van der Waals surface area contributed by atoms with E-state index in [1.54, 1.807) is 0 Å². The van der Waals surface area contributed by atoms with Gasteiger partial charge < -0.3 is 19.5 Å². The number of hydrogen-bond donors (Lipinski definition) is 2. The molecule has 1 aromatic rings. The second-order valence-electron chi connectivity index (χ2n) is 10.3. The number of ether oxygens (including phenoxy) is 2. The molecule has 36 heavy (non-hydrogen) atoms. The molecule has 1 aromatic carbocycles.